The molecular weight excluding hydrogens is 226 g/mol. The van der Waals surface area contributed by atoms with Crippen LogP contribution in [0.2, 0.25) is 0 Å². The lowest BCUT2D eigenvalue weighted by atomic mass is 10.2. The molecule has 0 aliphatic carbocycles. The predicted molar refractivity (Wildman–Crippen MR) is 62.9 cm³/mol. The van der Waals surface area contributed by atoms with Gasteiger partial charge in [0.25, 0.3) is 0 Å². The van der Waals surface area contributed by atoms with Crippen LogP contribution in [0.1, 0.15) is 12.5 Å². The molecule has 0 aliphatic rings. The summed E-state index contributed by atoms with van der Waals surface area (Å²) < 4.78 is 27.6. The van der Waals surface area contributed by atoms with Gasteiger partial charge in [-0.1, -0.05) is 6.58 Å². The lowest BCUT2D eigenvalue weighted by Gasteiger charge is -2.09. The van der Waals surface area contributed by atoms with Crippen LogP contribution in [0, 0.1) is 6.92 Å². The van der Waals surface area contributed by atoms with Crippen molar-refractivity contribution in [2.45, 2.75) is 18.7 Å². The summed E-state index contributed by atoms with van der Waals surface area (Å²) >= 11 is 0. The third-order valence-corrected chi connectivity index (χ3v) is 2.86. The van der Waals surface area contributed by atoms with Crippen molar-refractivity contribution in [1.29, 1.82) is 0 Å². The van der Waals surface area contributed by atoms with E-state index in [2.05, 4.69) is 6.58 Å². The van der Waals surface area contributed by atoms with Gasteiger partial charge in [-0.3, -0.25) is 0 Å². The second-order valence-corrected chi connectivity index (χ2v) is 5.28. The zero-order valence-electron chi connectivity index (χ0n) is 9.36. The lowest BCUT2D eigenvalue weighted by molar-refractivity contribution is 0.350. The molecule has 0 heterocycles. The average molecular weight is 241 g/mol. The smallest absolute Gasteiger partial charge is 0.238 e. The molecule has 1 rings (SSSR count). The average Bonchev–Trinajstić information content (AvgIpc) is 2.14. The van der Waals surface area contributed by atoms with Crippen molar-refractivity contribution in [3.05, 3.63) is 35.9 Å². The number of primary sulfonamides is 1. The zero-order chi connectivity index (χ0) is 12.3. The first kappa shape index (κ1) is 12.7. The molecule has 0 saturated carbocycles. The second kappa shape index (κ2) is 4.67. The quantitative estimate of drug-likeness (QED) is 0.814. The molecule has 0 spiro atoms. The van der Waals surface area contributed by atoms with Gasteiger partial charge in [-0.15, -0.1) is 0 Å². The molecule has 5 heteroatoms. The van der Waals surface area contributed by atoms with Crippen LogP contribution in [0.15, 0.2) is 35.2 Å². The summed E-state index contributed by atoms with van der Waals surface area (Å²) in [5.41, 5.74) is 1.63. The van der Waals surface area contributed by atoms with Gasteiger partial charge in [-0.2, -0.15) is 0 Å². The van der Waals surface area contributed by atoms with Crippen molar-refractivity contribution in [2.24, 2.45) is 5.14 Å². The van der Waals surface area contributed by atoms with Gasteiger partial charge in [0, 0.05) is 0 Å². The Kier molecular flexibility index (Phi) is 3.72. The Morgan fingerprint density at radius 2 is 2.12 bits per heavy atom. The van der Waals surface area contributed by atoms with E-state index in [9.17, 15) is 8.42 Å². The maximum atomic E-state index is 11.1. The summed E-state index contributed by atoms with van der Waals surface area (Å²) in [6, 6.07) is 4.51. The fourth-order valence-corrected chi connectivity index (χ4v) is 1.76. The molecule has 1 aromatic carbocycles. The van der Waals surface area contributed by atoms with Crippen LogP contribution in [-0.2, 0) is 10.0 Å². The Labute approximate surface area is 95.8 Å². The number of rotatable bonds is 4. The van der Waals surface area contributed by atoms with Gasteiger partial charge in [0.15, 0.2) is 0 Å². The second-order valence-electron chi connectivity index (χ2n) is 3.72. The summed E-state index contributed by atoms with van der Waals surface area (Å²) in [6.45, 7) is 7.75. The lowest BCUT2D eigenvalue weighted by Crippen LogP contribution is -2.12. The van der Waals surface area contributed by atoms with Crippen LogP contribution in [0.5, 0.6) is 5.75 Å². The predicted octanol–water partition coefficient (Wildman–Crippen LogP) is 1.60. The van der Waals surface area contributed by atoms with Crippen molar-refractivity contribution in [2.75, 3.05) is 6.61 Å². The molecule has 1 aromatic rings. The maximum absolute atomic E-state index is 11.1. The van der Waals surface area contributed by atoms with E-state index in [-0.39, 0.29) is 4.90 Å². The molecule has 0 atom stereocenters. The summed E-state index contributed by atoms with van der Waals surface area (Å²) in [7, 11) is -3.65. The van der Waals surface area contributed by atoms with E-state index in [0.717, 1.165) is 11.1 Å². The number of hydrogen-bond donors (Lipinski definition) is 1. The molecule has 0 saturated heterocycles. The SMILES string of the molecule is C=C(C)COc1ccc(S(N)(=O)=O)cc1C. The van der Waals surface area contributed by atoms with Gasteiger partial charge in [-0.05, 0) is 43.2 Å². The van der Waals surface area contributed by atoms with E-state index in [1.165, 1.54) is 12.1 Å². The Balaban J connectivity index is 2.96. The minimum Gasteiger partial charge on any atom is -0.489 e. The Morgan fingerprint density at radius 1 is 1.50 bits per heavy atom. The number of ether oxygens (including phenoxy) is 1. The maximum Gasteiger partial charge on any atom is 0.238 e. The van der Waals surface area contributed by atoms with E-state index in [1.807, 2.05) is 6.92 Å². The molecule has 88 valence electrons. The van der Waals surface area contributed by atoms with Crippen molar-refractivity contribution in [1.82, 2.24) is 0 Å². The number of sulfonamides is 1. The summed E-state index contributed by atoms with van der Waals surface area (Å²) in [5.74, 6) is 0.635. The molecule has 0 unspecified atom stereocenters. The number of benzene rings is 1. The molecule has 0 fully saturated rings. The van der Waals surface area contributed by atoms with E-state index >= 15 is 0 Å². The normalized spacial score (nSPS) is 11.2. The van der Waals surface area contributed by atoms with E-state index in [4.69, 9.17) is 9.88 Å². The zero-order valence-corrected chi connectivity index (χ0v) is 10.2. The van der Waals surface area contributed by atoms with Crippen LogP contribution in [0.25, 0.3) is 0 Å². The van der Waals surface area contributed by atoms with Crippen LogP contribution < -0.4 is 9.88 Å². The van der Waals surface area contributed by atoms with Gasteiger partial charge in [0.1, 0.15) is 12.4 Å². The molecule has 0 amide bonds. The van der Waals surface area contributed by atoms with Crippen LogP contribution in [-0.4, -0.2) is 15.0 Å². The van der Waals surface area contributed by atoms with Gasteiger partial charge < -0.3 is 4.74 Å². The monoisotopic (exact) mass is 241 g/mol. The van der Waals surface area contributed by atoms with E-state index in [0.29, 0.717) is 12.4 Å². The summed E-state index contributed by atoms with van der Waals surface area (Å²) in [5, 5.41) is 5.02. The standard InChI is InChI=1S/C11H15NO3S/c1-8(2)7-15-11-5-4-10(6-9(11)3)16(12,13)14/h4-6H,1,7H2,2-3H3,(H2,12,13,14). The summed E-state index contributed by atoms with van der Waals surface area (Å²) in [4.78, 5) is 0.0904. The highest BCUT2D eigenvalue weighted by Gasteiger charge is 2.09. The Morgan fingerprint density at radius 3 is 2.56 bits per heavy atom. The van der Waals surface area contributed by atoms with E-state index < -0.39 is 10.0 Å². The molecule has 16 heavy (non-hydrogen) atoms. The number of aryl methyl sites for hydroxylation is 1. The first-order valence-electron chi connectivity index (χ1n) is 4.71. The third-order valence-electron chi connectivity index (χ3n) is 1.95. The largest absolute Gasteiger partial charge is 0.489 e. The topological polar surface area (TPSA) is 69.4 Å². The Hall–Kier alpha value is -1.33. The first-order valence-corrected chi connectivity index (χ1v) is 6.26. The molecular formula is C11H15NO3S. The molecule has 4 nitrogen and oxygen atoms in total. The Bertz CT molecular complexity index is 506. The highest BCUT2D eigenvalue weighted by molar-refractivity contribution is 7.89. The van der Waals surface area contributed by atoms with Crippen LogP contribution in [0.3, 0.4) is 0 Å². The van der Waals surface area contributed by atoms with Crippen molar-refractivity contribution >= 4 is 10.0 Å². The molecule has 0 aliphatic heterocycles. The number of nitrogens with two attached hydrogens (primary N) is 1. The molecule has 0 aromatic heterocycles. The van der Waals surface area contributed by atoms with Gasteiger partial charge in [-0.25, -0.2) is 13.6 Å². The molecule has 2 N–H and O–H groups in total. The molecule has 0 radical (unpaired) electrons. The van der Waals surface area contributed by atoms with Gasteiger partial charge in [0.05, 0.1) is 4.90 Å². The fraction of sp³-hybridized carbons (Fsp3) is 0.273. The van der Waals surface area contributed by atoms with Gasteiger partial charge >= 0.3 is 0 Å². The third kappa shape index (κ3) is 3.36. The minimum absolute atomic E-state index is 0.0904. The highest BCUT2D eigenvalue weighted by Crippen LogP contribution is 2.21. The van der Waals surface area contributed by atoms with Crippen LogP contribution in [0.4, 0.5) is 0 Å². The summed E-state index contributed by atoms with van der Waals surface area (Å²) in [6.07, 6.45) is 0. The van der Waals surface area contributed by atoms with Crippen molar-refractivity contribution in [3.8, 4) is 5.75 Å². The molecule has 0 bridgehead atoms. The van der Waals surface area contributed by atoms with Gasteiger partial charge in [0.2, 0.25) is 10.0 Å². The fourth-order valence-electron chi connectivity index (χ4n) is 1.16. The first-order chi connectivity index (χ1) is 7.30. The van der Waals surface area contributed by atoms with Crippen LogP contribution >= 0.6 is 0 Å². The minimum atomic E-state index is -3.65. The van der Waals surface area contributed by atoms with Crippen molar-refractivity contribution < 1.29 is 13.2 Å². The van der Waals surface area contributed by atoms with Crippen molar-refractivity contribution in [3.63, 3.8) is 0 Å². The van der Waals surface area contributed by atoms with E-state index in [1.54, 1.807) is 13.0 Å². The highest BCUT2D eigenvalue weighted by atomic mass is 32.2. The number of hydrogen-bond acceptors (Lipinski definition) is 3.